The lowest BCUT2D eigenvalue weighted by atomic mass is 9.78. The topological polar surface area (TPSA) is 38.1 Å². The van der Waals surface area contributed by atoms with Gasteiger partial charge in [0.15, 0.2) is 5.78 Å². The monoisotopic (exact) mass is 732 g/mol. The van der Waals surface area contributed by atoms with Gasteiger partial charge in [-0.05, 0) is 96.8 Å². The van der Waals surface area contributed by atoms with E-state index in [-0.39, 0.29) is 22.1 Å². The van der Waals surface area contributed by atoms with Gasteiger partial charge in [0, 0.05) is 51.0 Å². The fourth-order valence-electron chi connectivity index (χ4n) is 6.93. The van der Waals surface area contributed by atoms with Crippen LogP contribution >= 0.6 is 0 Å². The summed E-state index contributed by atoms with van der Waals surface area (Å²) in [6, 6.07) is 17.8. The highest BCUT2D eigenvalue weighted by molar-refractivity contribution is 6.21. The minimum atomic E-state index is 0. The predicted octanol–water partition coefficient (Wildman–Crippen LogP) is 15.1. The molecule has 0 saturated heterocycles. The SMILES string of the molecule is C.C.CC.CC.CC.CC/C=C1/C=C(c2ccc(-c3cnn(C)c3)cc2)C(=O)CC(CC)C1CCC(C)CCc1ccc(N(CCC)CCCC)cc1.[HH]. The van der Waals surface area contributed by atoms with Crippen molar-refractivity contribution in [3.05, 3.63) is 89.8 Å². The molecular weight excluding hydrogens is 647 g/mol. The number of aryl methyl sites for hydroxylation is 2. The summed E-state index contributed by atoms with van der Waals surface area (Å²) in [5.41, 5.74) is 8.28. The zero-order chi connectivity index (χ0) is 38.2. The van der Waals surface area contributed by atoms with E-state index in [1.807, 2.05) is 65.7 Å². The summed E-state index contributed by atoms with van der Waals surface area (Å²) in [6.45, 7) is 25.7. The average molecular weight is 732 g/mol. The number of ketones is 1. The Morgan fingerprint density at radius 3 is 2.00 bits per heavy atom. The van der Waals surface area contributed by atoms with Gasteiger partial charge >= 0.3 is 0 Å². The van der Waals surface area contributed by atoms with Crippen LogP contribution in [0.3, 0.4) is 0 Å². The first-order valence-corrected chi connectivity index (χ1v) is 20.7. The molecular formula is C49H85N3O. The van der Waals surface area contributed by atoms with Crippen LogP contribution in [0, 0.1) is 17.8 Å². The van der Waals surface area contributed by atoms with Crippen molar-refractivity contribution in [3.63, 3.8) is 0 Å². The third-order valence-electron chi connectivity index (χ3n) is 9.73. The molecule has 3 aromatic rings. The van der Waals surface area contributed by atoms with Gasteiger partial charge < -0.3 is 4.90 Å². The van der Waals surface area contributed by atoms with Crippen LogP contribution in [0.2, 0.25) is 0 Å². The van der Waals surface area contributed by atoms with Gasteiger partial charge in [-0.3, -0.25) is 9.48 Å². The van der Waals surface area contributed by atoms with Crippen molar-refractivity contribution in [1.29, 1.82) is 0 Å². The van der Waals surface area contributed by atoms with E-state index in [9.17, 15) is 4.79 Å². The average Bonchev–Trinajstić information content (AvgIpc) is 3.57. The Morgan fingerprint density at radius 1 is 0.849 bits per heavy atom. The minimum absolute atomic E-state index is 0. The van der Waals surface area contributed by atoms with Crippen LogP contribution in [0.5, 0.6) is 0 Å². The number of aromatic nitrogens is 2. The third-order valence-corrected chi connectivity index (χ3v) is 9.73. The summed E-state index contributed by atoms with van der Waals surface area (Å²) in [6.07, 6.45) is 19.5. The Morgan fingerprint density at radius 2 is 1.47 bits per heavy atom. The van der Waals surface area contributed by atoms with E-state index in [1.165, 1.54) is 48.9 Å². The van der Waals surface area contributed by atoms with E-state index in [1.54, 1.807) is 0 Å². The number of unbranched alkanes of at least 4 members (excludes halogenated alkanes) is 1. The van der Waals surface area contributed by atoms with E-state index < -0.39 is 0 Å². The van der Waals surface area contributed by atoms with Crippen LogP contribution in [0.4, 0.5) is 5.69 Å². The molecule has 1 heterocycles. The molecule has 3 atom stereocenters. The lowest BCUT2D eigenvalue weighted by Gasteiger charge is -2.27. The molecule has 0 radical (unpaired) electrons. The molecule has 0 N–H and O–H groups in total. The van der Waals surface area contributed by atoms with E-state index in [0.717, 1.165) is 61.0 Å². The number of Topliss-reactive ketones (excluding diaryl/α,β-unsaturated/α-hetero) is 1. The summed E-state index contributed by atoms with van der Waals surface area (Å²) in [5, 5.41) is 4.31. The minimum Gasteiger partial charge on any atom is -0.372 e. The van der Waals surface area contributed by atoms with Gasteiger partial charge in [-0.2, -0.15) is 5.10 Å². The molecule has 0 amide bonds. The lowest BCUT2D eigenvalue weighted by Crippen LogP contribution is -2.25. The van der Waals surface area contributed by atoms with Crippen LogP contribution < -0.4 is 4.90 Å². The van der Waals surface area contributed by atoms with Crippen molar-refractivity contribution in [2.75, 3.05) is 18.0 Å². The Labute approximate surface area is 331 Å². The molecule has 1 aromatic heterocycles. The molecule has 4 heteroatoms. The van der Waals surface area contributed by atoms with Crippen molar-refractivity contribution in [3.8, 4) is 11.1 Å². The number of rotatable bonds is 16. The first kappa shape index (κ1) is 51.7. The zero-order valence-corrected chi connectivity index (χ0v) is 34.9. The summed E-state index contributed by atoms with van der Waals surface area (Å²) >= 11 is 0. The van der Waals surface area contributed by atoms with Crippen LogP contribution in [0.15, 0.2) is 78.6 Å². The zero-order valence-electron chi connectivity index (χ0n) is 34.9. The van der Waals surface area contributed by atoms with Crippen LogP contribution in [-0.4, -0.2) is 28.7 Å². The quantitative estimate of drug-likeness (QED) is 0.147. The van der Waals surface area contributed by atoms with Crippen LogP contribution in [-0.2, 0) is 18.3 Å². The van der Waals surface area contributed by atoms with Gasteiger partial charge in [0.25, 0.3) is 0 Å². The molecule has 2 aromatic carbocycles. The maximum absolute atomic E-state index is 13.7. The molecule has 0 fully saturated rings. The lowest BCUT2D eigenvalue weighted by molar-refractivity contribution is -0.114. The second-order valence-corrected chi connectivity index (χ2v) is 13.3. The van der Waals surface area contributed by atoms with Gasteiger partial charge in [-0.15, -0.1) is 0 Å². The predicted molar refractivity (Wildman–Crippen MR) is 242 cm³/mol. The van der Waals surface area contributed by atoms with Gasteiger partial charge in [0.05, 0.1) is 6.20 Å². The molecule has 4 nitrogen and oxygen atoms in total. The number of hydrogen-bond donors (Lipinski definition) is 0. The van der Waals surface area contributed by atoms with Crippen molar-refractivity contribution in [2.24, 2.45) is 24.8 Å². The molecule has 1 aliphatic rings. The van der Waals surface area contributed by atoms with Crippen molar-refractivity contribution < 1.29 is 6.22 Å². The third kappa shape index (κ3) is 16.7. The second kappa shape index (κ2) is 30.0. The van der Waals surface area contributed by atoms with Gasteiger partial charge in [-0.1, -0.05) is 153 Å². The molecule has 0 saturated carbocycles. The summed E-state index contributed by atoms with van der Waals surface area (Å²) in [4.78, 5) is 16.2. The molecule has 0 spiro atoms. The van der Waals surface area contributed by atoms with Crippen molar-refractivity contribution in [2.45, 2.75) is 155 Å². The second-order valence-electron chi connectivity index (χ2n) is 13.3. The number of hydrogen-bond acceptors (Lipinski definition) is 3. The fraction of sp³-hybridized carbons (Fsp3) is 0.592. The maximum Gasteiger partial charge on any atom is 0.163 e. The Balaban J connectivity index is -0.00000275. The van der Waals surface area contributed by atoms with Crippen LogP contribution in [0.1, 0.15) is 161 Å². The van der Waals surface area contributed by atoms with E-state index in [2.05, 4.69) is 105 Å². The fourth-order valence-corrected chi connectivity index (χ4v) is 6.93. The Hall–Kier alpha value is -3.40. The normalized spacial score (nSPS) is 16.1. The van der Waals surface area contributed by atoms with Gasteiger partial charge in [0.2, 0.25) is 0 Å². The summed E-state index contributed by atoms with van der Waals surface area (Å²) in [5.74, 6) is 1.75. The van der Waals surface area contributed by atoms with E-state index in [0.29, 0.717) is 24.2 Å². The Bertz CT molecular complexity index is 1400. The number of anilines is 1. The highest BCUT2D eigenvalue weighted by Crippen LogP contribution is 2.39. The summed E-state index contributed by atoms with van der Waals surface area (Å²) in [7, 11) is 1.93. The first-order chi connectivity index (χ1) is 24.9. The van der Waals surface area contributed by atoms with Crippen molar-refractivity contribution in [1.82, 2.24) is 9.78 Å². The highest BCUT2D eigenvalue weighted by atomic mass is 16.1. The molecule has 1 aliphatic carbocycles. The standard InChI is InChI=1S/C41H57N3O.3C2H6.2CH4.H2/c1-7-11-26-44(25-9-3)38-22-16-32(17-23-38)15-13-31(5)14-24-39-33(10-4)28-41(45)40(27-36(39)12-8-2)35-20-18-34(19-21-35)37-29-42-43(6)30-37;3*1-2;;;/h12,16-23,27,29-31,33,39H,7-11,13-15,24-26,28H2,1-6H3;3*1-2H3;2*1H4;1H/b36-12-;;;;;;. The maximum atomic E-state index is 13.7. The summed E-state index contributed by atoms with van der Waals surface area (Å²) < 4.78 is 1.82. The number of carbonyl (C=O) groups is 1. The number of allylic oxidation sites excluding steroid dienone is 4. The number of benzene rings is 2. The molecule has 3 unspecified atom stereocenters. The molecule has 302 valence electrons. The largest absolute Gasteiger partial charge is 0.372 e. The first-order valence-electron chi connectivity index (χ1n) is 20.7. The number of nitrogens with zero attached hydrogens (tertiary/aromatic N) is 3. The highest BCUT2D eigenvalue weighted by Gasteiger charge is 2.30. The van der Waals surface area contributed by atoms with Gasteiger partial charge in [0.1, 0.15) is 0 Å². The number of carbonyl (C=O) groups excluding carboxylic acids is 1. The van der Waals surface area contributed by atoms with E-state index in [4.69, 9.17) is 0 Å². The van der Waals surface area contributed by atoms with Gasteiger partial charge in [-0.25, -0.2) is 0 Å². The van der Waals surface area contributed by atoms with E-state index >= 15 is 0 Å². The van der Waals surface area contributed by atoms with Crippen LogP contribution in [0.25, 0.3) is 16.7 Å². The Kier molecular flexibility index (Phi) is 29.3. The molecule has 4 rings (SSSR count). The molecule has 53 heavy (non-hydrogen) atoms. The molecule has 0 aliphatic heterocycles. The smallest absolute Gasteiger partial charge is 0.163 e. The molecule has 0 bridgehead atoms. The van der Waals surface area contributed by atoms with Crippen molar-refractivity contribution >= 4 is 17.0 Å².